The van der Waals surface area contributed by atoms with Crippen LogP contribution in [0.2, 0.25) is 0 Å². The zero-order valence-electron chi connectivity index (χ0n) is 9.78. The van der Waals surface area contributed by atoms with E-state index in [9.17, 15) is 14.0 Å². The van der Waals surface area contributed by atoms with Crippen molar-refractivity contribution in [2.24, 2.45) is 0 Å². The average molecular weight is 327 g/mol. The highest BCUT2D eigenvalue weighted by Gasteiger charge is 2.19. The number of carbonyl (C=O) groups excluding carboxylic acids is 2. The minimum absolute atomic E-state index is 0.0206. The SMILES string of the molecule is COC(=O)c1ccc(C(=O)c2ccc(F)cc2Br)o1. The molecule has 4 nitrogen and oxygen atoms in total. The summed E-state index contributed by atoms with van der Waals surface area (Å²) in [4.78, 5) is 23.3. The van der Waals surface area contributed by atoms with Crippen molar-refractivity contribution in [1.29, 1.82) is 0 Å². The maximum absolute atomic E-state index is 12.9. The van der Waals surface area contributed by atoms with Crippen molar-refractivity contribution in [2.75, 3.05) is 7.11 Å². The summed E-state index contributed by atoms with van der Waals surface area (Å²) in [7, 11) is 1.21. The molecule has 0 amide bonds. The van der Waals surface area contributed by atoms with Gasteiger partial charge in [0, 0.05) is 10.0 Å². The number of carbonyl (C=O) groups is 2. The van der Waals surface area contributed by atoms with Crippen LogP contribution in [0.4, 0.5) is 4.39 Å². The number of esters is 1. The molecule has 0 spiro atoms. The van der Waals surface area contributed by atoms with Crippen LogP contribution in [0.1, 0.15) is 26.7 Å². The molecule has 0 aliphatic carbocycles. The van der Waals surface area contributed by atoms with E-state index in [1.807, 2.05) is 0 Å². The molecule has 0 N–H and O–H groups in total. The molecule has 0 saturated heterocycles. The number of ether oxygens (including phenoxy) is 1. The smallest absolute Gasteiger partial charge is 0.373 e. The van der Waals surface area contributed by atoms with Gasteiger partial charge in [0.2, 0.25) is 11.5 Å². The van der Waals surface area contributed by atoms with E-state index >= 15 is 0 Å². The van der Waals surface area contributed by atoms with Crippen molar-refractivity contribution in [3.05, 3.63) is 57.7 Å². The van der Waals surface area contributed by atoms with Gasteiger partial charge in [0.05, 0.1) is 7.11 Å². The molecular weight excluding hydrogens is 319 g/mol. The lowest BCUT2D eigenvalue weighted by atomic mass is 10.1. The van der Waals surface area contributed by atoms with Gasteiger partial charge in [-0.2, -0.15) is 0 Å². The van der Waals surface area contributed by atoms with Crippen LogP contribution >= 0.6 is 15.9 Å². The van der Waals surface area contributed by atoms with Crippen LogP contribution in [-0.4, -0.2) is 18.9 Å². The van der Waals surface area contributed by atoms with Gasteiger partial charge in [-0.15, -0.1) is 0 Å². The number of rotatable bonds is 3. The predicted molar refractivity (Wildman–Crippen MR) is 67.6 cm³/mol. The molecule has 1 heterocycles. The van der Waals surface area contributed by atoms with Gasteiger partial charge >= 0.3 is 5.97 Å². The van der Waals surface area contributed by atoms with Gasteiger partial charge in [0.25, 0.3) is 0 Å². The molecule has 1 aromatic heterocycles. The minimum Gasteiger partial charge on any atom is -0.463 e. The molecule has 0 atom stereocenters. The molecule has 2 rings (SSSR count). The third-order valence-corrected chi connectivity index (χ3v) is 3.05. The fraction of sp³-hybridized carbons (Fsp3) is 0.0769. The monoisotopic (exact) mass is 326 g/mol. The Labute approximate surface area is 116 Å². The highest BCUT2D eigenvalue weighted by atomic mass is 79.9. The molecule has 0 bridgehead atoms. The molecule has 98 valence electrons. The van der Waals surface area contributed by atoms with Crippen molar-refractivity contribution in [3.8, 4) is 0 Å². The Morgan fingerprint density at radius 1 is 1.21 bits per heavy atom. The minimum atomic E-state index is -0.669. The summed E-state index contributed by atoms with van der Waals surface area (Å²) in [6, 6.07) is 6.39. The van der Waals surface area contributed by atoms with Crippen molar-refractivity contribution in [2.45, 2.75) is 0 Å². The molecule has 0 fully saturated rings. The predicted octanol–water partition coefficient (Wildman–Crippen LogP) is 3.20. The molecule has 19 heavy (non-hydrogen) atoms. The largest absolute Gasteiger partial charge is 0.463 e. The molecule has 0 unspecified atom stereocenters. The Morgan fingerprint density at radius 3 is 2.53 bits per heavy atom. The van der Waals surface area contributed by atoms with E-state index in [4.69, 9.17) is 4.42 Å². The number of hydrogen-bond acceptors (Lipinski definition) is 4. The third-order valence-electron chi connectivity index (χ3n) is 2.39. The van der Waals surface area contributed by atoms with Gasteiger partial charge in [0.1, 0.15) is 5.82 Å². The standard InChI is InChI=1S/C13H8BrFO4/c1-18-13(17)11-5-4-10(19-11)12(16)8-3-2-7(15)6-9(8)14/h2-6H,1H3. The first-order valence-electron chi connectivity index (χ1n) is 5.21. The topological polar surface area (TPSA) is 56.5 Å². The van der Waals surface area contributed by atoms with Crippen LogP contribution in [0.25, 0.3) is 0 Å². The number of halogens is 2. The summed E-state index contributed by atoms with van der Waals surface area (Å²) in [5.74, 6) is -1.67. The summed E-state index contributed by atoms with van der Waals surface area (Å²) < 4.78 is 22.8. The Balaban J connectivity index is 2.34. The Bertz CT molecular complexity index is 648. The summed E-state index contributed by atoms with van der Waals surface area (Å²) in [6.07, 6.45) is 0. The fourth-order valence-electron chi connectivity index (χ4n) is 1.48. The van der Waals surface area contributed by atoms with Crippen LogP contribution in [0, 0.1) is 5.82 Å². The van der Waals surface area contributed by atoms with Crippen molar-refractivity contribution < 1.29 is 23.1 Å². The average Bonchev–Trinajstić information content (AvgIpc) is 2.86. The van der Waals surface area contributed by atoms with E-state index in [0.29, 0.717) is 4.47 Å². The van der Waals surface area contributed by atoms with Gasteiger partial charge in [-0.25, -0.2) is 9.18 Å². The van der Waals surface area contributed by atoms with Crippen LogP contribution in [0.5, 0.6) is 0 Å². The van der Waals surface area contributed by atoms with E-state index in [2.05, 4.69) is 20.7 Å². The summed E-state index contributed by atoms with van der Waals surface area (Å²) in [5, 5.41) is 0. The molecule has 2 aromatic rings. The molecular formula is C13H8BrFO4. The third kappa shape index (κ3) is 2.73. The second-order valence-electron chi connectivity index (χ2n) is 3.61. The van der Waals surface area contributed by atoms with E-state index in [0.717, 1.165) is 0 Å². The number of furan rings is 1. The van der Waals surface area contributed by atoms with E-state index in [-0.39, 0.29) is 17.1 Å². The summed E-state index contributed by atoms with van der Waals surface area (Å²) in [5.41, 5.74) is 0.243. The number of benzene rings is 1. The molecule has 1 aromatic carbocycles. The number of ketones is 1. The van der Waals surface area contributed by atoms with Gasteiger partial charge < -0.3 is 9.15 Å². The zero-order valence-corrected chi connectivity index (χ0v) is 11.4. The van der Waals surface area contributed by atoms with Crippen LogP contribution in [0.3, 0.4) is 0 Å². The van der Waals surface area contributed by atoms with Gasteiger partial charge in [0.15, 0.2) is 5.76 Å². The van der Waals surface area contributed by atoms with Crippen molar-refractivity contribution in [1.82, 2.24) is 0 Å². The quantitative estimate of drug-likeness (QED) is 0.642. The maximum Gasteiger partial charge on any atom is 0.373 e. The second kappa shape index (κ2) is 5.36. The Hall–Kier alpha value is -1.95. The molecule has 0 aliphatic heterocycles. The first kappa shape index (κ1) is 13.5. The number of methoxy groups -OCH3 is 1. The molecule has 0 aliphatic rings. The first-order chi connectivity index (χ1) is 9.02. The lowest BCUT2D eigenvalue weighted by molar-refractivity contribution is 0.0563. The summed E-state index contributed by atoms with van der Waals surface area (Å²) in [6.45, 7) is 0. The molecule has 0 radical (unpaired) electrons. The maximum atomic E-state index is 12.9. The summed E-state index contributed by atoms with van der Waals surface area (Å²) >= 11 is 3.10. The van der Waals surface area contributed by atoms with Gasteiger partial charge in [-0.3, -0.25) is 4.79 Å². The lowest BCUT2D eigenvalue weighted by Crippen LogP contribution is -2.02. The van der Waals surface area contributed by atoms with Crippen LogP contribution in [0.15, 0.2) is 39.2 Å². The van der Waals surface area contributed by atoms with Crippen molar-refractivity contribution >= 4 is 27.7 Å². The lowest BCUT2D eigenvalue weighted by Gasteiger charge is -2.01. The zero-order chi connectivity index (χ0) is 14.0. The van der Waals surface area contributed by atoms with Gasteiger partial charge in [-0.1, -0.05) is 0 Å². The van der Waals surface area contributed by atoms with E-state index in [1.165, 1.54) is 37.4 Å². The van der Waals surface area contributed by atoms with Crippen molar-refractivity contribution in [3.63, 3.8) is 0 Å². The van der Waals surface area contributed by atoms with Gasteiger partial charge in [-0.05, 0) is 46.3 Å². The van der Waals surface area contributed by atoms with E-state index < -0.39 is 17.6 Å². The number of hydrogen-bond donors (Lipinski definition) is 0. The van der Waals surface area contributed by atoms with Crippen LogP contribution < -0.4 is 0 Å². The van der Waals surface area contributed by atoms with Crippen LogP contribution in [-0.2, 0) is 4.74 Å². The normalized spacial score (nSPS) is 10.3. The molecule has 6 heteroatoms. The fourth-order valence-corrected chi connectivity index (χ4v) is 2.01. The molecule has 0 saturated carbocycles. The highest BCUT2D eigenvalue weighted by molar-refractivity contribution is 9.10. The second-order valence-corrected chi connectivity index (χ2v) is 4.46. The highest BCUT2D eigenvalue weighted by Crippen LogP contribution is 2.22. The Kier molecular flexibility index (Phi) is 3.80. The Morgan fingerprint density at radius 2 is 1.89 bits per heavy atom. The first-order valence-corrected chi connectivity index (χ1v) is 6.00. The van der Waals surface area contributed by atoms with E-state index in [1.54, 1.807) is 0 Å².